The highest BCUT2D eigenvalue weighted by atomic mass is 32.1. The van der Waals surface area contributed by atoms with Gasteiger partial charge in [0.15, 0.2) is 0 Å². The minimum atomic E-state index is -0.302. The summed E-state index contributed by atoms with van der Waals surface area (Å²) in [6.07, 6.45) is 3.53. The molecular weight excluding hydrogens is 424 g/mol. The summed E-state index contributed by atoms with van der Waals surface area (Å²) < 4.78 is 5.11. The van der Waals surface area contributed by atoms with Gasteiger partial charge >= 0.3 is 0 Å². The van der Waals surface area contributed by atoms with Crippen LogP contribution in [-0.2, 0) is 17.6 Å². The van der Waals surface area contributed by atoms with Crippen LogP contribution < -0.4 is 15.4 Å². The van der Waals surface area contributed by atoms with E-state index < -0.39 is 0 Å². The van der Waals surface area contributed by atoms with E-state index in [4.69, 9.17) is 4.74 Å². The van der Waals surface area contributed by atoms with Crippen molar-refractivity contribution in [1.82, 2.24) is 15.5 Å². The molecule has 2 amide bonds. The van der Waals surface area contributed by atoms with Gasteiger partial charge in [-0.15, -0.1) is 10.2 Å². The van der Waals surface area contributed by atoms with Crippen molar-refractivity contribution in [1.29, 1.82) is 0 Å². The molecule has 0 aliphatic heterocycles. The molecular formula is C24H28N4O3S. The Morgan fingerprint density at radius 2 is 1.78 bits per heavy atom. The summed E-state index contributed by atoms with van der Waals surface area (Å²) in [5.41, 5.74) is 1.93. The van der Waals surface area contributed by atoms with Gasteiger partial charge in [0.25, 0.3) is 5.91 Å². The topological polar surface area (TPSA) is 93.2 Å². The Morgan fingerprint density at radius 1 is 1.03 bits per heavy atom. The van der Waals surface area contributed by atoms with Crippen LogP contribution in [0.5, 0.6) is 5.75 Å². The van der Waals surface area contributed by atoms with E-state index in [1.54, 1.807) is 31.4 Å². The average molecular weight is 453 g/mol. The van der Waals surface area contributed by atoms with Gasteiger partial charge in [-0.2, -0.15) is 0 Å². The second kappa shape index (κ2) is 12.0. The maximum Gasteiger partial charge on any atom is 0.286 e. The molecule has 1 aromatic heterocycles. The fraction of sp³-hybridized carbons (Fsp3) is 0.333. The van der Waals surface area contributed by atoms with Gasteiger partial charge in [-0.05, 0) is 56.0 Å². The number of aromatic nitrogens is 2. The molecule has 1 unspecified atom stereocenters. The van der Waals surface area contributed by atoms with Gasteiger partial charge in [-0.1, -0.05) is 41.7 Å². The number of benzene rings is 2. The van der Waals surface area contributed by atoms with Crippen molar-refractivity contribution >= 4 is 28.8 Å². The largest absolute Gasteiger partial charge is 0.497 e. The Hall–Kier alpha value is -3.26. The van der Waals surface area contributed by atoms with Gasteiger partial charge < -0.3 is 15.4 Å². The van der Waals surface area contributed by atoms with Crippen LogP contribution in [-0.4, -0.2) is 35.2 Å². The first-order valence-corrected chi connectivity index (χ1v) is 11.5. The van der Waals surface area contributed by atoms with Crippen molar-refractivity contribution in [3.8, 4) is 5.75 Å². The Balaban J connectivity index is 1.36. The van der Waals surface area contributed by atoms with Crippen LogP contribution in [0.4, 0.5) is 5.69 Å². The third-order valence-corrected chi connectivity index (χ3v) is 5.90. The predicted octanol–water partition coefficient (Wildman–Crippen LogP) is 4.26. The number of ether oxygens (including phenoxy) is 1. The van der Waals surface area contributed by atoms with Crippen LogP contribution in [0.15, 0.2) is 54.6 Å². The molecule has 0 bridgehead atoms. The fourth-order valence-electron chi connectivity index (χ4n) is 3.15. The molecule has 32 heavy (non-hydrogen) atoms. The summed E-state index contributed by atoms with van der Waals surface area (Å²) >= 11 is 1.25. The zero-order valence-corrected chi connectivity index (χ0v) is 19.2. The molecule has 0 saturated carbocycles. The first-order valence-electron chi connectivity index (χ1n) is 10.6. The van der Waals surface area contributed by atoms with Gasteiger partial charge in [0, 0.05) is 24.6 Å². The van der Waals surface area contributed by atoms with Crippen LogP contribution in [0.3, 0.4) is 0 Å². The number of methoxy groups -OCH3 is 1. The molecule has 8 heteroatoms. The Kier molecular flexibility index (Phi) is 8.74. The number of aryl methyl sites for hydroxylation is 2. The second-order valence-electron chi connectivity index (χ2n) is 7.53. The molecule has 0 radical (unpaired) electrons. The lowest BCUT2D eigenvalue weighted by atomic mass is 10.1. The van der Waals surface area contributed by atoms with E-state index in [0.717, 1.165) is 23.6 Å². The molecule has 7 nitrogen and oxygen atoms in total. The van der Waals surface area contributed by atoms with Crippen molar-refractivity contribution in [2.75, 3.05) is 12.4 Å². The smallest absolute Gasteiger partial charge is 0.286 e. The van der Waals surface area contributed by atoms with E-state index >= 15 is 0 Å². The molecule has 0 spiro atoms. The SMILES string of the molecule is COc1ccc(NC(=O)c2nnc(CCCC(=O)NC(C)CCc3ccccc3)s2)cc1. The van der Waals surface area contributed by atoms with Crippen molar-refractivity contribution in [2.45, 2.75) is 45.1 Å². The van der Waals surface area contributed by atoms with Crippen LogP contribution in [0.25, 0.3) is 0 Å². The number of carbonyl (C=O) groups excluding carboxylic acids is 2. The van der Waals surface area contributed by atoms with Crippen molar-refractivity contribution < 1.29 is 14.3 Å². The average Bonchev–Trinajstić information content (AvgIpc) is 3.28. The number of carbonyl (C=O) groups is 2. The quantitative estimate of drug-likeness (QED) is 0.453. The number of nitrogens with one attached hydrogen (secondary N) is 2. The molecule has 2 aromatic carbocycles. The minimum Gasteiger partial charge on any atom is -0.497 e. The number of hydrogen-bond acceptors (Lipinski definition) is 6. The van der Waals surface area contributed by atoms with Crippen molar-refractivity contribution in [3.05, 3.63) is 70.2 Å². The second-order valence-corrected chi connectivity index (χ2v) is 8.59. The molecule has 3 aromatic rings. The minimum absolute atomic E-state index is 0.0348. The lowest BCUT2D eigenvalue weighted by Crippen LogP contribution is -2.32. The number of rotatable bonds is 11. The predicted molar refractivity (Wildman–Crippen MR) is 126 cm³/mol. The van der Waals surface area contributed by atoms with E-state index in [0.29, 0.717) is 30.0 Å². The Bertz CT molecular complexity index is 1010. The normalized spacial score (nSPS) is 11.6. The first kappa shape index (κ1) is 23.4. The highest BCUT2D eigenvalue weighted by Gasteiger charge is 2.14. The number of nitrogens with zero attached hydrogens (tertiary/aromatic N) is 2. The fourth-order valence-corrected chi connectivity index (χ4v) is 3.93. The monoisotopic (exact) mass is 452 g/mol. The van der Waals surface area contributed by atoms with E-state index in [9.17, 15) is 9.59 Å². The lowest BCUT2D eigenvalue weighted by molar-refractivity contribution is -0.121. The number of amides is 2. The summed E-state index contributed by atoms with van der Waals surface area (Å²) in [5.74, 6) is 0.451. The summed E-state index contributed by atoms with van der Waals surface area (Å²) in [5, 5.41) is 14.9. The van der Waals surface area contributed by atoms with Crippen molar-refractivity contribution in [2.24, 2.45) is 0 Å². The third-order valence-electron chi connectivity index (χ3n) is 4.92. The number of anilines is 1. The Labute approximate surface area is 192 Å². The lowest BCUT2D eigenvalue weighted by Gasteiger charge is -2.13. The zero-order chi connectivity index (χ0) is 22.8. The van der Waals surface area contributed by atoms with Crippen molar-refractivity contribution in [3.63, 3.8) is 0 Å². The van der Waals surface area contributed by atoms with Gasteiger partial charge in [0.1, 0.15) is 10.8 Å². The van der Waals surface area contributed by atoms with E-state index in [1.807, 2.05) is 25.1 Å². The molecule has 0 aliphatic rings. The standard InChI is InChI=1S/C24H28N4O3S/c1-17(11-12-18-7-4-3-5-8-18)25-21(29)9-6-10-22-27-28-24(32-22)23(30)26-19-13-15-20(31-2)16-14-19/h3-5,7-8,13-17H,6,9-12H2,1-2H3,(H,25,29)(H,26,30). The molecule has 0 aliphatic carbocycles. The highest BCUT2D eigenvalue weighted by Crippen LogP contribution is 2.18. The summed E-state index contributed by atoms with van der Waals surface area (Å²) in [6, 6.07) is 17.4. The summed E-state index contributed by atoms with van der Waals surface area (Å²) in [6.45, 7) is 2.03. The summed E-state index contributed by atoms with van der Waals surface area (Å²) in [7, 11) is 1.59. The van der Waals surface area contributed by atoms with Gasteiger partial charge in [-0.3, -0.25) is 9.59 Å². The molecule has 0 saturated heterocycles. The first-order chi connectivity index (χ1) is 15.5. The molecule has 168 valence electrons. The Morgan fingerprint density at radius 3 is 2.50 bits per heavy atom. The molecule has 2 N–H and O–H groups in total. The molecule has 3 rings (SSSR count). The molecule has 0 fully saturated rings. The van der Waals surface area contributed by atoms with Gasteiger partial charge in [0.2, 0.25) is 10.9 Å². The van der Waals surface area contributed by atoms with Gasteiger partial charge in [0.05, 0.1) is 7.11 Å². The van der Waals surface area contributed by atoms with E-state index in [2.05, 4.69) is 33.0 Å². The van der Waals surface area contributed by atoms with Gasteiger partial charge in [-0.25, -0.2) is 0 Å². The van der Waals surface area contributed by atoms with Crippen LogP contribution >= 0.6 is 11.3 Å². The maximum atomic E-state index is 12.4. The van der Waals surface area contributed by atoms with E-state index in [-0.39, 0.29) is 17.9 Å². The van der Waals surface area contributed by atoms with Crippen LogP contribution in [0, 0.1) is 0 Å². The van der Waals surface area contributed by atoms with Crippen LogP contribution in [0.1, 0.15) is 46.6 Å². The van der Waals surface area contributed by atoms with E-state index in [1.165, 1.54) is 16.9 Å². The van der Waals surface area contributed by atoms with Crippen LogP contribution in [0.2, 0.25) is 0 Å². The zero-order valence-electron chi connectivity index (χ0n) is 18.3. The third kappa shape index (κ3) is 7.46. The maximum absolute atomic E-state index is 12.4. The summed E-state index contributed by atoms with van der Waals surface area (Å²) in [4.78, 5) is 24.6. The highest BCUT2D eigenvalue weighted by molar-refractivity contribution is 7.13. The number of hydrogen-bond donors (Lipinski definition) is 2. The molecule has 1 atom stereocenters. The molecule has 1 heterocycles.